The van der Waals surface area contributed by atoms with Crippen LogP contribution in [0.2, 0.25) is 0 Å². The second-order valence-electron chi connectivity index (χ2n) is 4.77. The first kappa shape index (κ1) is 15.4. The molecule has 1 aromatic carbocycles. The quantitative estimate of drug-likeness (QED) is 0.826. The van der Waals surface area contributed by atoms with E-state index in [0.717, 1.165) is 0 Å². The molecule has 0 aliphatic carbocycles. The lowest BCUT2D eigenvalue weighted by Crippen LogP contribution is -2.33. The summed E-state index contributed by atoms with van der Waals surface area (Å²) >= 11 is 0. The van der Waals surface area contributed by atoms with Crippen LogP contribution in [0.3, 0.4) is 0 Å². The van der Waals surface area contributed by atoms with E-state index in [1.807, 2.05) is 13.8 Å². The summed E-state index contributed by atoms with van der Waals surface area (Å²) in [6.45, 7) is 5.45. The number of benzene rings is 1. The molecule has 0 atom stereocenters. The minimum absolute atomic E-state index is 0.0169. The van der Waals surface area contributed by atoms with E-state index in [4.69, 9.17) is 4.74 Å². The molecule has 0 spiro atoms. The second kappa shape index (κ2) is 7.09. The summed E-state index contributed by atoms with van der Waals surface area (Å²) in [6, 6.07) is 4.11. The highest BCUT2D eigenvalue weighted by molar-refractivity contribution is 5.94. The maximum absolute atomic E-state index is 14.0. The van der Waals surface area contributed by atoms with Gasteiger partial charge in [-0.25, -0.2) is 9.18 Å². The van der Waals surface area contributed by atoms with Crippen molar-refractivity contribution in [3.8, 4) is 0 Å². The number of halogens is 1. The SMILES string of the molecule is COCCN(CC(C)C)c1c(F)cccc1C(=O)O. The molecular formula is C14H20FNO3. The summed E-state index contributed by atoms with van der Waals surface area (Å²) in [4.78, 5) is 12.9. The van der Waals surface area contributed by atoms with Crippen molar-refractivity contribution in [2.24, 2.45) is 5.92 Å². The third kappa shape index (κ3) is 4.21. The van der Waals surface area contributed by atoms with Gasteiger partial charge in [-0.15, -0.1) is 0 Å². The number of nitrogens with zero attached hydrogens (tertiary/aromatic N) is 1. The smallest absolute Gasteiger partial charge is 0.337 e. The van der Waals surface area contributed by atoms with Crippen LogP contribution in [-0.4, -0.2) is 37.9 Å². The maximum atomic E-state index is 14.0. The number of para-hydroxylation sites is 1. The summed E-state index contributed by atoms with van der Waals surface area (Å²) in [6.07, 6.45) is 0. The zero-order chi connectivity index (χ0) is 14.4. The molecule has 1 N–H and O–H groups in total. The fourth-order valence-corrected chi connectivity index (χ4v) is 1.95. The highest BCUT2D eigenvalue weighted by Gasteiger charge is 2.20. The van der Waals surface area contributed by atoms with Crippen molar-refractivity contribution in [2.45, 2.75) is 13.8 Å². The van der Waals surface area contributed by atoms with E-state index >= 15 is 0 Å². The fourth-order valence-electron chi connectivity index (χ4n) is 1.95. The number of anilines is 1. The molecular weight excluding hydrogens is 249 g/mol. The van der Waals surface area contributed by atoms with E-state index in [0.29, 0.717) is 19.7 Å². The van der Waals surface area contributed by atoms with Gasteiger partial charge in [0.2, 0.25) is 0 Å². The third-order valence-corrected chi connectivity index (χ3v) is 2.68. The van der Waals surface area contributed by atoms with Crippen LogP contribution in [0.4, 0.5) is 10.1 Å². The van der Waals surface area contributed by atoms with Gasteiger partial charge in [-0.3, -0.25) is 0 Å². The van der Waals surface area contributed by atoms with Gasteiger partial charge in [-0.1, -0.05) is 19.9 Å². The largest absolute Gasteiger partial charge is 0.478 e. The van der Waals surface area contributed by atoms with Crippen LogP contribution < -0.4 is 4.90 Å². The molecule has 0 amide bonds. The zero-order valence-electron chi connectivity index (χ0n) is 11.5. The summed E-state index contributed by atoms with van der Waals surface area (Å²) in [5.41, 5.74) is 0.123. The van der Waals surface area contributed by atoms with Crippen LogP contribution in [0.25, 0.3) is 0 Å². The Hall–Kier alpha value is -1.62. The summed E-state index contributed by atoms with van der Waals surface area (Å²) < 4.78 is 19.0. The number of ether oxygens (including phenoxy) is 1. The van der Waals surface area contributed by atoms with E-state index in [2.05, 4.69) is 0 Å². The van der Waals surface area contributed by atoms with E-state index in [-0.39, 0.29) is 17.2 Å². The molecule has 1 rings (SSSR count). The molecule has 1 aromatic rings. The van der Waals surface area contributed by atoms with Crippen molar-refractivity contribution < 1.29 is 19.0 Å². The Balaban J connectivity index is 3.15. The average molecular weight is 269 g/mol. The molecule has 0 unspecified atom stereocenters. The van der Waals surface area contributed by atoms with Gasteiger partial charge >= 0.3 is 5.97 Å². The maximum Gasteiger partial charge on any atom is 0.337 e. The second-order valence-corrected chi connectivity index (χ2v) is 4.77. The minimum Gasteiger partial charge on any atom is -0.478 e. The molecule has 0 fully saturated rings. The van der Waals surface area contributed by atoms with E-state index < -0.39 is 11.8 Å². The first-order valence-corrected chi connectivity index (χ1v) is 6.23. The topological polar surface area (TPSA) is 49.8 Å². The van der Waals surface area contributed by atoms with Gasteiger partial charge in [0, 0.05) is 20.2 Å². The highest BCUT2D eigenvalue weighted by atomic mass is 19.1. The molecule has 0 aliphatic rings. The number of methoxy groups -OCH3 is 1. The zero-order valence-corrected chi connectivity index (χ0v) is 11.5. The van der Waals surface area contributed by atoms with Gasteiger partial charge in [0.25, 0.3) is 0 Å². The number of carboxylic acids is 1. The molecule has 0 radical (unpaired) electrons. The number of hydrogen-bond acceptors (Lipinski definition) is 3. The van der Waals surface area contributed by atoms with Crippen molar-refractivity contribution in [3.63, 3.8) is 0 Å². The molecule has 0 heterocycles. The molecule has 19 heavy (non-hydrogen) atoms. The van der Waals surface area contributed by atoms with Gasteiger partial charge in [0.1, 0.15) is 5.82 Å². The molecule has 0 saturated heterocycles. The van der Waals surface area contributed by atoms with Crippen LogP contribution in [0.5, 0.6) is 0 Å². The van der Waals surface area contributed by atoms with Crippen molar-refractivity contribution in [3.05, 3.63) is 29.6 Å². The molecule has 0 saturated carbocycles. The van der Waals surface area contributed by atoms with Crippen molar-refractivity contribution >= 4 is 11.7 Å². The molecule has 0 aliphatic heterocycles. The average Bonchev–Trinajstić information content (AvgIpc) is 2.33. The van der Waals surface area contributed by atoms with Gasteiger partial charge in [0.15, 0.2) is 0 Å². The van der Waals surface area contributed by atoms with Crippen molar-refractivity contribution in [1.82, 2.24) is 0 Å². The lowest BCUT2D eigenvalue weighted by molar-refractivity contribution is 0.0697. The number of carbonyl (C=O) groups is 1. The molecule has 4 nitrogen and oxygen atoms in total. The predicted octanol–water partition coefficient (Wildman–Crippen LogP) is 2.63. The predicted molar refractivity (Wildman–Crippen MR) is 72.3 cm³/mol. The van der Waals surface area contributed by atoms with Crippen LogP contribution in [0.15, 0.2) is 18.2 Å². The van der Waals surface area contributed by atoms with Gasteiger partial charge in [-0.2, -0.15) is 0 Å². The van der Waals surface area contributed by atoms with Crippen LogP contribution >= 0.6 is 0 Å². The molecule has 0 bridgehead atoms. The normalized spacial score (nSPS) is 10.8. The minimum atomic E-state index is -1.12. The summed E-state index contributed by atoms with van der Waals surface area (Å²) in [5.74, 6) is -1.35. The van der Waals surface area contributed by atoms with Gasteiger partial charge in [-0.05, 0) is 18.1 Å². The van der Waals surface area contributed by atoms with Gasteiger partial charge < -0.3 is 14.7 Å². The molecule has 0 aromatic heterocycles. The Labute approximate surface area is 112 Å². The van der Waals surface area contributed by atoms with Crippen molar-refractivity contribution in [2.75, 3.05) is 31.7 Å². The Kier molecular flexibility index (Phi) is 5.76. The number of hydrogen-bond donors (Lipinski definition) is 1. The Morgan fingerprint density at radius 3 is 2.68 bits per heavy atom. The Morgan fingerprint density at radius 1 is 1.47 bits per heavy atom. The monoisotopic (exact) mass is 269 g/mol. The van der Waals surface area contributed by atoms with Crippen molar-refractivity contribution in [1.29, 1.82) is 0 Å². The molecule has 5 heteroatoms. The van der Waals surface area contributed by atoms with Gasteiger partial charge in [0.05, 0.1) is 17.9 Å². The Morgan fingerprint density at radius 2 is 2.16 bits per heavy atom. The first-order chi connectivity index (χ1) is 8.97. The summed E-state index contributed by atoms with van der Waals surface area (Å²) in [7, 11) is 1.56. The lowest BCUT2D eigenvalue weighted by Gasteiger charge is -2.28. The standard InChI is InChI=1S/C14H20FNO3/c1-10(2)9-16(7-8-19-3)13-11(14(17)18)5-4-6-12(13)15/h4-6,10H,7-9H2,1-3H3,(H,17,18). The number of rotatable bonds is 7. The van der Waals surface area contributed by atoms with Crippen LogP contribution in [0, 0.1) is 11.7 Å². The van der Waals surface area contributed by atoms with Crippen LogP contribution in [-0.2, 0) is 4.74 Å². The van der Waals surface area contributed by atoms with E-state index in [1.54, 1.807) is 12.0 Å². The Bertz CT molecular complexity index is 435. The van der Waals surface area contributed by atoms with E-state index in [1.165, 1.54) is 18.2 Å². The van der Waals surface area contributed by atoms with E-state index in [9.17, 15) is 14.3 Å². The number of carboxylic acid groups (broad SMARTS) is 1. The number of aromatic carboxylic acids is 1. The highest BCUT2D eigenvalue weighted by Crippen LogP contribution is 2.25. The third-order valence-electron chi connectivity index (χ3n) is 2.68. The lowest BCUT2D eigenvalue weighted by atomic mass is 10.1. The first-order valence-electron chi connectivity index (χ1n) is 6.23. The fraction of sp³-hybridized carbons (Fsp3) is 0.500. The summed E-state index contributed by atoms with van der Waals surface area (Å²) in [5, 5.41) is 9.17. The van der Waals surface area contributed by atoms with Crippen LogP contribution in [0.1, 0.15) is 24.2 Å². The molecule has 106 valence electrons.